The van der Waals surface area contributed by atoms with Crippen LogP contribution < -0.4 is 0 Å². The molecule has 0 heteroatoms. The molecule has 0 aliphatic heterocycles. The van der Waals surface area contributed by atoms with E-state index in [4.69, 9.17) is 0 Å². The second-order valence-electron chi connectivity index (χ2n) is 9.02. The Morgan fingerprint density at radius 1 is 0.250 bits per heavy atom. The summed E-state index contributed by atoms with van der Waals surface area (Å²) in [7, 11) is 0. The van der Waals surface area contributed by atoms with Crippen molar-refractivity contribution in [3.05, 3.63) is 109 Å². The molecule has 0 radical (unpaired) electrons. The minimum absolute atomic E-state index is 1.30. The lowest BCUT2D eigenvalue weighted by Gasteiger charge is -2.16. The van der Waals surface area contributed by atoms with Gasteiger partial charge in [0.1, 0.15) is 0 Å². The Hall–Kier alpha value is -4.16. The van der Waals surface area contributed by atoms with E-state index in [1.165, 1.54) is 75.4 Å². The molecule has 0 bridgehead atoms. The first-order chi connectivity index (χ1) is 15.8. The van der Waals surface area contributed by atoms with Gasteiger partial charge in [-0.3, -0.25) is 0 Å². The quantitative estimate of drug-likeness (QED) is 0.175. The number of benzene rings is 8. The van der Waals surface area contributed by atoms with Crippen molar-refractivity contribution in [3.63, 3.8) is 0 Å². The van der Waals surface area contributed by atoms with Crippen LogP contribution in [0.4, 0.5) is 0 Å². The average Bonchev–Trinajstić information content (AvgIpc) is 2.84. The van der Waals surface area contributed by atoms with E-state index in [0.29, 0.717) is 0 Å². The molecule has 146 valence electrons. The third-order valence-corrected chi connectivity index (χ3v) is 7.26. The van der Waals surface area contributed by atoms with Gasteiger partial charge in [0.05, 0.1) is 0 Å². The molecule has 8 aromatic rings. The molecule has 0 saturated carbocycles. The van der Waals surface area contributed by atoms with Gasteiger partial charge in [0.25, 0.3) is 0 Å². The van der Waals surface area contributed by atoms with Gasteiger partial charge in [0.2, 0.25) is 0 Å². The molecule has 0 heterocycles. The normalized spacial score (nSPS) is 12.4. The van der Waals surface area contributed by atoms with Gasteiger partial charge >= 0.3 is 0 Å². The third-order valence-electron chi connectivity index (χ3n) is 7.26. The van der Waals surface area contributed by atoms with Crippen LogP contribution in [-0.2, 0) is 0 Å². The van der Waals surface area contributed by atoms with Crippen molar-refractivity contribution in [1.82, 2.24) is 0 Å². The summed E-state index contributed by atoms with van der Waals surface area (Å²) in [6.07, 6.45) is 0. The topological polar surface area (TPSA) is 0 Å². The van der Waals surface area contributed by atoms with Crippen LogP contribution in [0.1, 0.15) is 0 Å². The largest absolute Gasteiger partial charge is 0.0616 e. The summed E-state index contributed by atoms with van der Waals surface area (Å²) in [5.41, 5.74) is 0. The highest BCUT2D eigenvalue weighted by molar-refractivity contribution is 6.33. The Morgan fingerprint density at radius 3 is 1.06 bits per heavy atom. The lowest BCUT2D eigenvalue weighted by atomic mass is 9.87. The standard InChI is InChI=1S/C32H18/c1-3-7-21-17-29-25(13-19(21)5-1)15-23-9-12-28-30-18-22-8-4-2-6-20(22)14-26(30)16-24-10-11-27(29)31(23)32(24)28/h1-18H. The fourth-order valence-electron chi connectivity index (χ4n) is 5.79. The molecular weight excluding hydrogens is 384 g/mol. The monoisotopic (exact) mass is 402 g/mol. The molecule has 32 heavy (non-hydrogen) atoms. The molecule has 0 saturated heterocycles. The zero-order valence-electron chi connectivity index (χ0n) is 17.4. The first-order valence-corrected chi connectivity index (χ1v) is 11.2. The lowest BCUT2D eigenvalue weighted by Crippen LogP contribution is -1.88. The molecule has 0 unspecified atom stereocenters. The Bertz CT molecular complexity index is 1880. The Morgan fingerprint density at radius 2 is 0.625 bits per heavy atom. The van der Waals surface area contributed by atoms with Crippen LogP contribution in [0.2, 0.25) is 0 Å². The molecule has 0 aliphatic carbocycles. The van der Waals surface area contributed by atoms with Crippen molar-refractivity contribution in [1.29, 1.82) is 0 Å². The smallest absolute Gasteiger partial charge is 0.00201 e. The Labute approximate surface area is 184 Å². The van der Waals surface area contributed by atoms with Gasteiger partial charge in [-0.2, -0.15) is 0 Å². The Kier molecular flexibility index (Phi) is 2.97. The molecule has 0 aromatic heterocycles. The van der Waals surface area contributed by atoms with Crippen molar-refractivity contribution in [2.75, 3.05) is 0 Å². The molecule has 0 spiro atoms. The van der Waals surface area contributed by atoms with Crippen LogP contribution in [0.3, 0.4) is 0 Å². The van der Waals surface area contributed by atoms with Crippen molar-refractivity contribution < 1.29 is 0 Å². The number of hydrogen-bond donors (Lipinski definition) is 0. The summed E-state index contributed by atoms with van der Waals surface area (Å²) in [5, 5.41) is 18.6. The van der Waals surface area contributed by atoms with E-state index in [1.807, 2.05) is 0 Å². The van der Waals surface area contributed by atoms with Crippen LogP contribution in [-0.4, -0.2) is 0 Å². The maximum atomic E-state index is 2.37. The summed E-state index contributed by atoms with van der Waals surface area (Å²) >= 11 is 0. The summed E-state index contributed by atoms with van der Waals surface area (Å²) in [4.78, 5) is 0. The number of rotatable bonds is 0. The molecule has 0 amide bonds. The Balaban J connectivity index is 1.61. The first-order valence-electron chi connectivity index (χ1n) is 11.2. The second kappa shape index (κ2) is 5.75. The van der Waals surface area contributed by atoms with E-state index in [-0.39, 0.29) is 0 Å². The summed E-state index contributed by atoms with van der Waals surface area (Å²) < 4.78 is 0. The van der Waals surface area contributed by atoms with Gasteiger partial charge in [0.15, 0.2) is 0 Å². The van der Waals surface area contributed by atoms with Crippen molar-refractivity contribution in [3.8, 4) is 0 Å². The lowest BCUT2D eigenvalue weighted by molar-refractivity contribution is 1.79. The van der Waals surface area contributed by atoms with Crippen molar-refractivity contribution in [2.45, 2.75) is 0 Å². The minimum Gasteiger partial charge on any atom is -0.0616 e. The van der Waals surface area contributed by atoms with E-state index in [2.05, 4.69) is 109 Å². The van der Waals surface area contributed by atoms with Gasteiger partial charge in [0, 0.05) is 0 Å². The molecular formula is C32H18. The van der Waals surface area contributed by atoms with Crippen LogP contribution in [0.25, 0.3) is 75.4 Å². The van der Waals surface area contributed by atoms with Gasteiger partial charge < -0.3 is 0 Å². The second-order valence-corrected chi connectivity index (χ2v) is 9.02. The van der Waals surface area contributed by atoms with Crippen LogP contribution in [0, 0.1) is 0 Å². The zero-order chi connectivity index (χ0) is 20.8. The van der Waals surface area contributed by atoms with Gasteiger partial charge in [-0.15, -0.1) is 0 Å². The summed E-state index contributed by atoms with van der Waals surface area (Å²) in [6, 6.07) is 40.7. The van der Waals surface area contributed by atoms with Gasteiger partial charge in [-0.25, -0.2) is 0 Å². The molecule has 0 fully saturated rings. The maximum absolute atomic E-state index is 2.37. The van der Waals surface area contributed by atoms with Crippen LogP contribution >= 0.6 is 0 Å². The third kappa shape index (κ3) is 2.07. The summed E-state index contributed by atoms with van der Waals surface area (Å²) in [6.45, 7) is 0. The number of hydrogen-bond acceptors (Lipinski definition) is 0. The maximum Gasteiger partial charge on any atom is -0.00201 e. The van der Waals surface area contributed by atoms with Gasteiger partial charge in [-0.05, 0) is 112 Å². The fraction of sp³-hybridized carbons (Fsp3) is 0. The molecule has 8 aromatic carbocycles. The predicted molar refractivity (Wildman–Crippen MR) is 140 cm³/mol. The van der Waals surface area contributed by atoms with E-state index in [1.54, 1.807) is 0 Å². The van der Waals surface area contributed by atoms with Crippen LogP contribution in [0.15, 0.2) is 109 Å². The van der Waals surface area contributed by atoms with E-state index in [0.717, 1.165) is 0 Å². The molecule has 0 nitrogen and oxygen atoms in total. The predicted octanol–water partition coefficient (Wildman–Crippen LogP) is 9.20. The van der Waals surface area contributed by atoms with Crippen molar-refractivity contribution >= 4 is 75.4 Å². The highest BCUT2D eigenvalue weighted by atomic mass is 14.2. The molecule has 8 rings (SSSR count). The van der Waals surface area contributed by atoms with E-state index >= 15 is 0 Å². The fourth-order valence-corrected chi connectivity index (χ4v) is 5.79. The van der Waals surface area contributed by atoms with E-state index < -0.39 is 0 Å². The average molecular weight is 402 g/mol. The molecule has 0 N–H and O–H groups in total. The first kappa shape index (κ1) is 16.5. The molecule has 0 aliphatic rings. The highest BCUT2D eigenvalue weighted by Gasteiger charge is 2.14. The minimum atomic E-state index is 1.30. The SMILES string of the molecule is c1ccc2cc3c(cc2c1)cc1ccc2c4cc5ccccc5cc4cc4ccc3c1c42. The highest BCUT2D eigenvalue weighted by Crippen LogP contribution is 2.42. The van der Waals surface area contributed by atoms with Gasteiger partial charge in [-0.1, -0.05) is 72.8 Å². The van der Waals surface area contributed by atoms with E-state index in [9.17, 15) is 0 Å². The van der Waals surface area contributed by atoms with Crippen molar-refractivity contribution in [2.24, 2.45) is 0 Å². The van der Waals surface area contributed by atoms with Crippen LogP contribution in [0.5, 0.6) is 0 Å². The summed E-state index contributed by atoms with van der Waals surface area (Å²) in [5.74, 6) is 0. The zero-order valence-corrected chi connectivity index (χ0v) is 17.4. The molecule has 0 atom stereocenters. The number of fused-ring (bicyclic) bond motifs is 6.